The molecule has 0 unspecified atom stereocenters. The number of rotatable bonds is 13. The van der Waals surface area contributed by atoms with Crippen LogP contribution in [-0.2, 0) is 11.2 Å². The Bertz CT molecular complexity index is 798. The van der Waals surface area contributed by atoms with Crippen LogP contribution in [0, 0.1) is 0 Å². The maximum atomic E-state index is 12.2. The van der Waals surface area contributed by atoms with Gasteiger partial charge in [0, 0.05) is 11.9 Å². The zero-order valence-corrected chi connectivity index (χ0v) is 17.1. The van der Waals surface area contributed by atoms with Crippen LogP contribution in [0.25, 0.3) is 10.9 Å². The van der Waals surface area contributed by atoms with Gasteiger partial charge in [-0.1, -0.05) is 76.8 Å². The second-order valence-electron chi connectivity index (χ2n) is 7.54. The Hall–Kier alpha value is -2.30. The molecule has 0 aliphatic heterocycles. The van der Waals surface area contributed by atoms with Gasteiger partial charge in [0.25, 0.3) is 5.56 Å². The Morgan fingerprint density at radius 2 is 1.57 bits per heavy atom. The third-order valence-electron chi connectivity index (χ3n) is 5.18. The van der Waals surface area contributed by atoms with Crippen LogP contribution in [0.1, 0.15) is 76.7 Å². The van der Waals surface area contributed by atoms with E-state index in [0.29, 0.717) is 17.4 Å². The Morgan fingerprint density at radius 3 is 2.25 bits per heavy atom. The SMILES string of the molecule is CCCCCCCCCCCCNC(=O)Cc1c(O)c2ccccc2[nH]c1=O. The fourth-order valence-corrected chi connectivity index (χ4v) is 3.49. The third kappa shape index (κ3) is 7.02. The predicted octanol–water partition coefficient (Wildman–Crippen LogP) is 4.81. The van der Waals surface area contributed by atoms with Crippen molar-refractivity contribution in [1.29, 1.82) is 0 Å². The fraction of sp³-hybridized carbons (Fsp3) is 0.565. The molecule has 0 aliphatic carbocycles. The van der Waals surface area contributed by atoms with Crippen molar-refractivity contribution in [3.05, 3.63) is 40.2 Å². The highest BCUT2D eigenvalue weighted by Gasteiger charge is 2.14. The van der Waals surface area contributed by atoms with E-state index in [1.165, 1.54) is 51.4 Å². The van der Waals surface area contributed by atoms with Crippen LogP contribution in [0.5, 0.6) is 5.75 Å². The molecule has 0 aliphatic rings. The zero-order valence-electron chi connectivity index (χ0n) is 17.1. The maximum absolute atomic E-state index is 12.2. The topological polar surface area (TPSA) is 82.2 Å². The minimum Gasteiger partial charge on any atom is -0.507 e. The van der Waals surface area contributed by atoms with Gasteiger partial charge < -0.3 is 15.4 Å². The molecule has 1 heterocycles. The highest BCUT2D eigenvalue weighted by Crippen LogP contribution is 2.24. The highest BCUT2D eigenvalue weighted by atomic mass is 16.3. The molecule has 2 aromatic rings. The zero-order chi connectivity index (χ0) is 20.2. The number of carbonyl (C=O) groups excluding carboxylic acids is 1. The lowest BCUT2D eigenvalue weighted by Crippen LogP contribution is -2.28. The van der Waals surface area contributed by atoms with E-state index in [2.05, 4.69) is 17.2 Å². The molecular weight excluding hydrogens is 352 g/mol. The van der Waals surface area contributed by atoms with E-state index in [1.54, 1.807) is 24.3 Å². The van der Waals surface area contributed by atoms with Crippen LogP contribution >= 0.6 is 0 Å². The summed E-state index contributed by atoms with van der Waals surface area (Å²) in [6.45, 7) is 2.85. The summed E-state index contributed by atoms with van der Waals surface area (Å²) in [7, 11) is 0. The first-order valence-corrected chi connectivity index (χ1v) is 10.7. The number of hydrogen-bond donors (Lipinski definition) is 3. The van der Waals surface area contributed by atoms with E-state index in [1.807, 2.05) is 0 Å². The molecule has 0 spiro atoms. The molecule has 0 radical (unpaired) electrons. The minimum absolute atomic E-state index is 0.103. The van der Waals surface area contributed by atoms with Crippen LogP contribution < -0.4 is 10.9 Å². The van der Waals surface area contributed by atoms with E-state index in [4.69, 9.17) is 0 Å². The normalized spacial score (nSPS) is 11.0. The number of unbranched alkanes of at least 4 members (excludes halogenated alkanes) is 9. The molecule has 0 saturated carbocycles. The first kappa shape index (κ1) is 22.0. The molecule has 1 amide bonds. The second-order valence-corrected chi connectivity index (χ2v) is 7.54. The summed E-state index contributed by atoms with van der Waals surface area (Å²) < 4.78 is 0. The predicted molar refractivity (Wildman–Crippen MR) is 115 cm³/mol. The fourth-order valence-electron chi connectivity index (χ4n) is 3.49. The van der Waals surface area contributed by atoms with Crippen molar-refractivity contribution < 1.29 is 9.90 Å². The molecule has 154 valence electrons. The van der Waals surface area contributed by atoms with Gasteiger partial charge >= 0.3 is 0 Å². The lowest BCUT2D eigenvalue weighted by atomic mass is 10.1. The number of benzene rings is 1. The molecule has 2 rings (SSSR count). The molecule has 0 fully saturated rings. The quantitative estimate of drug-likeness (QED) is 0.432. The van der Waals surface area contributed by atoms with Crippen molar-refractivity contribution in [2.45, 2.75) is 77.6 Å². The number of fused-ring (bicyclic) bond motifs is 1. The van der Waals surface area contributed by atoms with Gasteiger partial charge in [-0.25, -0.2) is 0 Å². The summed E-state index contributed by atoms with van der Waals surface area (Å²) in [4.78, 5) is 27.0. The van der Waals surface area contributed by atoms with Gasteiger partial charge in [-0.2, -0.15) is 0 Å². The number of aromatic amines is 1. The number of aromatic hydroxyl groups is 1. The van der Waals surface area contributed by atoms with Crippen LogP contribution in [0.4, 0.5) is 0 Å². The molecular formula is C23H34N2O3. The van der Waals surface area contributed by atoms with Crippen molar-refractivity contribution in [1.82, 2.24) is 10.3 Å². The van der Waals surface area contributed by atoms with E-state index in [-0.39, 0.29) is 23.6 Å². The third-order valence-corrected chi connectivity index (χ3v) is 5.18. The largest absolute Gasteiger partial charge is 0.507 e. The summed E-state index contributed by atoms with van der Waals surface area (Å²) in [6.07, 6.45) is 12.4. The number of hydrogen-bond acceptors (Lipinski definition) is 3. The number of amides is 1. The summed E-state index contributed by atoms with van der Waals surface area (Å²) in [5.41, 5.74) is 0.282. The standard InChI is InChI=1S/C23H34N2O3/c1-2-3-4-5-6-7-8-9-10-13-16-24-21(26)17-19-22(27)18-14-11-12-15-20(18)25-23(19)28/h11-12,14-15H,2-10,13,16-17H2,1H3,(H,24,26)(H2,25,27,28). The first-order valence-electron chi connectivity index (χ1n) is 10.7. The Kier molecular flexibility index (Phi) is 9.60. The van der Waals surface area contributed by atoms with Crippen molar-refractivity contribution >= 4 is 16.8 Å². The van der Waals surface area contributed by atoms with E-state index >= 15 is 0 Å². The van der Waals surface area contributed by atoms with Crippen molar-refractivity contribution in [2.24, 2.45) is 0 Å². The molecule has 0 bridgehead atoms. The van der Waals surface area contributed by atoms with Crippen molar-refractivity contribution in [3.8, 4) is 5.75 Å². The van der Waals surface area contributed by atoms with Crippen LogP contribution in [0.2, 0.25) is 0 Å². The Labute approximate surface area is 167 Å². The highest BCUT2D eigenvalue weighted by molar-refractivity contribution is 5.88. The second kappa shape index (κ2) is 12.2. The van der Waals surface area contributed by atoms with Crippen LogP contribution in [-0.4, -0.2) is 22.5 Å². The minimum atomic E-state index is -0.412. The lowest BCUT2D eigenvalue weighted by Gasteiger charge is -2.08. The summed E-state index contributed by atoms with van der Waals surface area (Å²) in [5.74, 6) is -0.333. The molecule has 5 heteroatoms. The Morgan fingerprint density at radius 1 is 0.964 bits per heavy atom. The van der Waals surface area contributed by atoms with Gasteiger partial charge in [0.15, 0.2) is 0 Å². The van der Waals surface area contributed by atoms with Gasteiger partial charge in [-0.05, 0) is 18.6 Å². The monoisotopic (exact) mass is 386 g/mol. The van der Waals surface area contributed by atoms with Crippen LogP contribution in [0.15, 0.2) is 29.1 Å². The number of carbonyl (C=O) groups is 1. The van der Waals surface area contributed by atoms with Gasteiger partial charge in [0.05, 0.1) is 17.5 Å². The first-order chi connectivity index (χ1) is 13.6. The average molecular weight is 387 g/mol. The molecule has 1 aromatic carbocycles. The summed E-state index contributed by atoms with van der Waals surface area (Å²) >= 11 is 0. The molecule has 5 nitrogen and oxygen atoms in total. The van der Waals surface area contributed by atoms with E-state index in [9.17, 15) is 14.7 Å². The van der Waals surface area contributed by atoms with Crippen LogP contribution in [0.3, 0.4) is 0 Å². The number of aromatic nitrogens is 1. The lowest BCUT2D eigenvalue weighted by molar-refractivity contribution is -0.120. The molecule has 3 N–H and O–H groups in total. The van der Waals surface area contributed by atoms with Crippen molar-refractivity contribution in [3.63, 3.8) is 0 Å². The van der Waals surface area contributed by atoms with Crippen molar-refractivity contribution in [2.75, 3.05) is 6.54 Å². The number of nitrogens with one attached hydrogen (secondary N) is 2. The smallest absolute Gasteiger partial charge is 0.255 e. The summed E-state index contributed by atoms with van der Waals surface area (Å²) in [5, 5.41) is 13.8. The number of para-hydroxylation sites is 1. The number of pyridine rings is 1. The average Bonchev–Trinajstić information content (AvgIpc) is 2.69. The Balaban J connectivity index is 1.64. The van der Waals surface area contributed by atoms with E-state index in [0.717, 1.165) is 12.8 Å². The molecule has 0 atom stereocenters. The van der Waals surface area contributed by atoms with Gasteiger partial charge in [0.2, 0.25) is 5.91 Å². The molecule has 0 saturated heterocycles. The van der Waals surface area contributed by atoms with Gasteiger partial charge in [-0.3, -0.25) is 9.59 Å². The maximum Gasteiger partial charge on any atom is 0.255 e. The summed E-state index contributed by atoms with van der Waals surface area (Å²) in [6, 6.07) is 7.03. The molecule has 28 heavy (non-hydrogen) atoms. The van der Waals surface area contributed by atoms with E-state index < -0.39 is 5.56 Å². The number of H-pyrrole nitrogens is 1. The van der Waals surface area contributed by atoms with Gasteiger partial charge in [0.1, 0.15) is 5.75 Å². The van der Waals surface area contributed by atoms with Gasteiger partial charge in [-0.15, -0.1) is 0 Å². The molecule has 1 aromatic heterocycles.